The fourth-order valence-corrected chi connectivity index (χ4v) is 3.84. The highest BCUT2D eigenvalue weighted by Crippen LogP contribution is 2.30. The third-order valence-corrected chi connectivity index (χ3v) is 5.47. The molecule has 0 aliphatic heterocycles. The van der Waals surface area contributed by atoms with Crippen LogP contribution < -0.4 is 14.5 Å². The van der Waals surface area contributed by atoms with Crippen LogP contribution in [0.5, 0.6) is 5.75 Å². The minimum absolute atomic E-state index is 0.140. The largest absolute Gasteiger partial charge is 0.494 e. The lowest BCUT2D eigenvalue weighted by Gasteiger charge is -2.30. The molecule has 28 heavy (non-hydrogen) atoms. The summed E-state index contributed by atoms with van der Waals surface area (Å²) < 4.78 is 5.56. The molecule has 2 aromatic carbocycles. The van der Waals surface area contributed by atoms with E-state index in [4.69, 9.17) is 4.74 Å². The lowest BCUT2D eigenvalue weighted by Crippen LogP contribution is -2.36. The van der Waals surface area contributed by atoms with E-state index >= 15 is 0 Å². The predicted octanol–water partition coefficient (Wildman–Crippen LogP) is 5.26. The predicted molar refractivity (Wildman–Crippen MR) is 116 cm³/mol. The Morgan fingerprint density at radius 3 is 2.11 bits per heavy atom. The lowest BCUT2D eigenvalue weighted by molar-refractivity contribution is -0.123. The van der Waals surface area contributed by atoms with Gasteiger partial charge < -0.3 is 14.5 Å². The molecule has 0 heterocycles. The second-order valence-corrected chi connectivity index (χ2v) is 7.75. The molecule has 0 spiro atoms. The highest BCUT2D eigenvalue weighted by atomic mass is 16.5. The number of carbonyl (C=O) groups is 1. The van der Waals surface area contributed by atoms with Crippen LogP contribution in [0.3, 0.4) is 0 Å². The first-order valence-electron chi connectivity index (χ1n) is 10.4. The van der Waals surface area contributed by atoms with Gasteiger partial charge in [0.1, 0.15) is 5.75 Å². The zero-order valence-electron chi connectivity index (χ0n) is 17.4. The van der Waals surface area contributed by atoms with Crippen molar-refractivity contribution >= 4 is 17.3 Å². The Labute approximate surface area is 169 Å². The Hall–Kier alpha value is -2.49. The summed E-state index contributed by atoms with van der Waals surface area (Å²) in [7, 11) is 4.07. The van der Waals surface area contributed by atoms with E-state index in [1.54, 1.807) is 0 Å². The Balaban J connectivity index is 1.83. The van der Waals surface area contributed by atoms with Crippen LogP contribution in [0.25, 0.3) is 0 Å². The zero-order valence-corrected chi connectivity index (χ0v) is 17.4. The monoisotopic (exact) mass is 380 g/mol. The molecule has 0 aromatic heterocycles. The Kier molecular flexibility index (Phi) is 6.96. The summed E-state index contributed by atoms with van der Waals surface area (Å²) in [5.41, 5.74) is 3.24. The van der Waals surface area contributed by atoms with Crippen LogP contribution in [0.4, 0.5) is 11.4 Å². The highest BCUT2D eigenvalue weighted by Gasteiger charge is 2.27. The van der Waals surface area contributed by atoms with Crippen LogP contribution in [-0.4, -0.2) is 26.6 Å². The van der Waals surface area contributed by atoms with E-state index in [2.05, 4.69) is 29.2 Å². The first kappa shape index (κ1) is 20.2. The van der Waals surface area contributed by atoms with Crippen molar-refractivity contribution in [2.45, 2.75) is 45.6 Å². The van der Waals surface area contributed by atoms with Gasteiger partial charge in [0, 0.05) is 31.4 Å². The second-order valence-electron chi connectivity index (χ2n) is 7.75. The van der Waals surface area contributed by atoms with Gasteiger partial charge in [0.2, 0.25) is 5.91 Å². The van der Waals surface area contributed by atoms with E-state index in [1.807, 2.05) is 50.2 Å². The molecule has 3 rings (SSSR count). The van der Waals surface area contributed by atoms with Crippen molar-refractivity contribution in [3.8, 4) is 5.75 Å². The van der Waals surface area contributed by atoms with E-state index in [-0.39, 0.29) is 11.8 Å². The molecule has 0 bridgehead atoms. The molecule has 1 saturated carbocycles. The SMILES string of the molecule is CCOc1ccc(N(Cc2ccc(N(C)C)cc2)C(=O)C2CCCCC2)cc1. The average molecular weight is 381 g/mol. The van der Waals surface area contributed by atoms with Gasteiger partial charge in [-0.2, -0.15) is 0 Å². The van der Waals surface area contributed by atoms with Gasteiger partial charge in [0.15, 0.2) is 0 Å². The van der Waals surface area contributed by atoms with Crippen LogP contribution in [0.1, 0.15) is 44.6 Å². The Morgan fingerprint density at radius 1 is 0.929 bits per heavy atom. The van der Waals surface area contributed by atoms with Gasteiger partial charge in [-0.05, 0) is 61.7 Å². The zero-order chi connectivity index (χ0) is 19.9. The van der Waals surface area contributed by atoms with Gasteiger partial charge in [-0.15, -0.1) is 0 Å². The van der Waals surface area contributed by atoms with Gasteiger partial charge >= 0.3 is 0 Å². The fourth-order valence-electron chi connectivity index (χ4n) is 3.84. The maximum atomic E-state index is 13.4. The van der Waals surface area contributed by atoms with Crippen LogP contribution in [0, 0.1) is 5.92 Å². The van der Waals surface area contributed by atoms with E-state index in [1.165, 1.54) is 6.42 Å². The molecule has 150 valence electrons. The number of rotatable bonds is 7. The van der Waals surface area contributed by atoms with Crippen molar-refractivity contribution in [3.05, 3.63) is 54.1 Å². The topological polar surface area (TPSA) is 32.8 Å². The standard InChI is InChI=1S/C24H32N2O2/c1-4-28-23-16-14-22(15-17-23)26(24(27)20-8-6-5-7-9-20)18-19-10-12-21(13-11-19)25(2)3/h10-17,20H,4-9,18H2,1-3H3. The van der Waals surface area contributed by atoms with Gasteiger partial charge in [-0.1, -0.05) is 31.4 Å². The van der Waals surface area contributed by atoms with E-state index in [0.29, 0.717) is 13.2 Å². The summed E-state index contributed by atoms with van der Waals surface area (Å²) in [6.07, 6.45) is 5.58. The number of amides is 1. The molecular weight excluding hydrogens is 348 g/mol. The molecule has 1 fully saturated rings. The summed E-state index contributed by atoms with van der Waals surface area (Å²) in [5, 5.41) is 0. The van der Waals surface area contributed by atoms with Crippen LogP contribution >= 0.6 is 0 Å². The number of ether oxygens (including phenoxy) is 1. The summed E-state index contributed by atoms with van der Waals surface area (Å²) in [4.78, 5) is 17.4. The molecule has 0 saturated heterocycles. The van der Waals surface area contributed by atoms with Crippen molar-refractivity contribution in [1.82, 2.24) is 0 Å². The number of nitrogens with zero attached hydrogens (tertiary/aromatic N) is 2. The number of hydrogen-bond acceptors (Lipinski definition) is 3. The van der Waals surface area contributed by atoms with Crippen molar-refractivity contribution in [1.29, 1.82) is 0 Å². The fraction of sp³-hybridized carbons (Fsp3) is 0.458. The van der Waals surface area contributed by atoms with Crippen LogP contribution in [0.2, 0.25) is 0 Å². The molecule has 4 heteroatoms. The minimum Gasteiger partial charge on any atom is -0.494 e. The van der Waals surface area contributed by atoms with Crippen molar-refractivity contribution in [2.24, 2.45) is 5.92 Å². The molecule has 4 nitrogen and oxygen atoms in total. The second kappa shape index (κ2) is 9.63. The van der Waals surface area contributed by atoms with Crippen molar-refractivity contribution < 1.29 is 9.53 Å². The van der Waals surface area contributed by atoms with Crippen molar-refractivity contribution in [2.75, 3.05) is 30.5 Å². The molecule has 0 radical (unpaired) electrons. The summed E-state index contributed by atoms with van der Waals surface area (Å²) >= 11 is 0. The van der Waals surface area contributed by atoms with Crippen LogP contribution in [0.15, 0.2) is 48.5 Å². The van der Waals surface area contributed by atoms with E-state index in [9.17, 15) is 4.79 Å². The third kappa shape index (κ3) is 5.06. The molecule has 1 amide bonds. The first-order chi connectivity index (χ1) is 13.6. The van der Waals surface area contributed by atoms with Gasteiger partial charge in [-0.25, -0.2) is 0 Å². The number of anilines is 2. The maximum absolute atomic E-state index is 13.4. The average Bonchev–Trinajstić information content (AvgIpc) is 2.73. The van der Waals surface area contributed by atoms with Gasteiger partial charge in [0.25, 0.3) is 0 Å². The molecule has 2 aromatic rings. The molecule has 0 atom stereocenters. The van der Waals surface area contributed by atoms with Crippen LogP contribution in [-0.2, 0) is 11.3 Å². The molecule has 0 unspecified atom stereocenters. The lowest BCUT2D eigenvalue weighted by atomic mass is 9.88. The van der Waals surface area contributed by atoms with Gasteiger partial charge in [0.05, 0.1) is 13.2 Å². The molecule has 0 N–H and O–H groups in total. The molecular formula is C24H32N2O2. The van der Waals surface area contributed by atoms with Crippen molar-refractivity contribution in [3.63, 3.8) is 0 Å². The summed E-state index contributed by atoms with van der Waals surface area (Å²) in [6.45, 7) is 3.21. The summed E-state index contributed by atoms with van der Waals surface area (Å²) in [6, 6.07) is 16.4. The van der Waals surface area contributed by atoms with E-state index < -0.39 is 0 Å². The summed E-state index contributed by atoms with van der Waals surface area (Å²) in [5.74, 6) is 1.23. The van der Waals surface area contributed by atoms with E-state index in [0.717, 1.165) is 48.4 Å². The maximum Gasteiger partial charge on any atom is 0.230 e. The number of hydrogen-bond donors (Lipinski definition) is 0. The normalized spacial score (nSPS) is 14.5. The number of carbonyl (C=O) groups excluding carboxylic acids is 1. The molecule has 1 aliphatic carbocycles. The Bertz CT molecular complexity index is 747. The number of benzene rings is 2. The smallest absolute Gasteiger partial charge is 0.230 e. The first-order valence-corrected chi connectivity index (χ1v) is 10.4. The van der Waals surface area contributed by atoms with Gasteiger partial charge in [-0.3, -0.25) is 4.79 Å². The quantitative estimate of drug-likeness (QED) is 0.656. The highest BCUT2D eigenvalue weighted by molar-refractivity contribution is 5.95. The Morgan fingerprint density at radius 2 is 1.54 bits per heavy atom. The minimum atomic E-state index is 0.140. The third-order valence-electron chi connectivity index (χ3n) is 5.47. The molecule has 1 aliphatic rings.